The molecule has 5 aromatic heterocycles. The molecular formula is C31H32N10O4S. The second-order valence-corrected chi connectivity index (χ2v) is 12.7. The lowest BCUT2D eigenvalue weighted by Crippen LogP contribution is -2.43. The molecule has 0 unspecified atom stereocenters. The van der Waals surface area contributed by atoms with Crippen molar-refractivity contribution < 1.29 is 13.9 Å². The predicted molar refractivity (Wildman–Crippen MR) is 174 cm³/mol. The highest BCUT2D eigenvalue weighted by atomic mass is 32.1. The van der Waals surface area contributed by atoms with E-state index < -0.39 is 5.91 Å². The van der Waals surface area contributed by atoms with E-state index in [0.29, 0.717) is 59.8 Å². The van der Waals surface area contributed by atoms with E-state index in [1.807, 2.05) is 22.4 Å². The third kappa shape index (κ3) is 4.96. The molecule has 0 bridgehead atoms. The van der Waals surface area contributed by atoms with Crippen molar-refractivity contribution in [1.82, 2.24) is 29.8 Å². The number of amides is 1. The fourth-order valence-corrected chi connectivity index (χ4v) is 7.50. The molecule has 236 valence electrons. The van der Waals surface area contributed by atoms with Crippen LogP contribution in [0.25, 0.3) is 38.0 Å². The van der Waals surface area contributed by atoms with Gasteiger partial charge < -0.3 is 30.8 Å². The number of hydrogen-bond donors (Lipinski definition) is 4. The van der Waals surface area contributed by atoms with Crippen LogP contribution in [-0.4, -0.2) is 74.1 Å². The largest absolute Gasteiger partial charge is 0.439 e. The van der Waals surface area contributed by atoms with Gasteiger partial charge in [0.05, 0.1) is 30.6 Å². The highest BCUT2D eigenvalue weighted by Gasteiger charge is 2.27. The van der Waals surface area contributed by atoms with Gasteiger partial charge in [-0.25, -0.2) is 4.98 Å². The van der Waals surface area contributed by atoms with Gasteiger partial charge in [-0.15, -0.1) is 21.5 Å². The third-order valence-corrected chi connectivity index (χ3v) is 9.94. The molecule has 1 saturated heterocycles. The Labute approximate surface area is 265 Å². The maximum Gasteiger partial charge on any atom is 0.254 e. The summed E-state index contributed by atoms with van der Waals surface area (Å²) in [7, 11) is 0. The lowest BCUT2D eigenvalue weighted by Gasteiger charge is -2.30. The molecule has 0 radical (unpaired) electrons. The summed E-state index contributed by atoms with van der Waals surface area (Å²) in [4.78, 5) is 33.0. The van der Waals surface area contributed by atoms with E-state index in [9.17, 15) is 9.59 Å². The second-order valence-electron chi connectivity index (χ2n) is 11.8. The van der Waals surface area contributed by atoms with Gasteiger partial charge in [-0.05, 0) is 36.1 Å². The van der Waals surface area contributed by atoms with Gasteiger partial charge in [-0.2, -0.15) is 5.10 Å². The molecular weight excluding hydrogens is 608 g/mol. The summed E-state index contributed by atoms with van der Waals surface area (Å²) >= 11 is 1.35. The SMILES string of the molecule is NC(=O)c1c(Cc2cc(-c3csc4c(=O)cc(N5CCOCC5)oc34)cc3cn[nH]c23)nc(N[C@H]2CCCC[C@H]2N)n2cnnc12. The first-order chi connectivity index (χ1) is 22.4. The molecule has 6 N–H and O–H groups in total. The van der Waals surface area contributed by atoms with Crippen LogP contribution in [0, 0.1) is 0 Å². The molecule has 1 aromatic carbocycles. The number of H-pyrrole nitrogens is 1. The first-order valence-corrected chi connectivity index (χ1v) is 16.2. The van der Waals surface area contributed by atoms with Gasteiger partial charge in [0.1, 0.15) is 16.6 Å². The lowest BCUT2D eigenvalue weighted by atomic mass is 9.91. The van der Waals surface area contributed by atoms with Crippen LogP contribution in [-0.2, 0) is 11.2 Å². The number of hydrogen-bond acceptors (Lipinski definition) is 12. The molecule has 0 spiro atoms. The number of nitrogens with two attached hydrogens (primary N) is 2. The summed E-state index contributed by atoms with van der Waals surface area (Å²) < 4.78 is 14.1. The monoisotopic (exact) mass is 640 g/mol. The summed E-state index contributed by atoms with van der Waals surface area (Å²) in [6.45, 7) is 2.44. The maximum atomic E-state index is 13.1. The average molecular weight is 641 g/mol. The number of aromatic amines is 1. The molecule has 15 heteroatoms. The smallest absolute Gasteiger partial charge is 0.254 e. The summed E-state index contributed by atoms with van der Waals surface area (Å²) in [6, 6.07) is 5.57. The Bertz CT molecular complexity index is 2160. The van der Waals surface area contributed by atoms with E-state index in [1.165, 1.54) is 17.7 Å². The molecule has 2 atom stereocenters. The number of ether oxygens (including phenoxy) is 1. The van der Waals surface area contributed by atoms with Gasteiger partial charge in [0.25, 0.3) is 5.91 Å². The van der Waals surface area contributed by atoms with Crippen molar-refractivity contribution in [2.45, 2.75) is 44.2 Å². The fourth-order valence-electron chi connectivity index (χ4n) is 6.59. The van der Waals surface area contributed by atoms with Crippen LogP contribution >= 0.6 is 11.3 Å². The number of carbonyl (C=O) groups excluding carboxylic acids is 1. The highest BCUT2D eigenvalue weighted by molar-refractivity contribution is 7.17. The molecule has 2 aliphatic rings. The van der Waals surface area contributed by atoms with Crippen LogP contribution in [0.2, 0.25) is 0 Å². The quantitative estimate of drug-likeness (QED) is 0.200. The molecule has 2 fully saturated rings. The van der Waals surface area contributed by atoms with Crippen molar-refractivity contribution in [3.05, 3.63) is 63.1 Å². The summed E-state index contributed by atoms with van der Waals surface area (Å²) in [5, 5.41) is 22.0. The molecule has 46 heavy (non-hydrogen) atoms. The van der Waals surface area contributed by atoms with Gasteiger partial charge in [-0.1, -0.05) is 12.8 Å². The average Bonchev–Trinajstić information content (AvgIpc) is 3.83. The fraction of sp³-hybridized carbons (Fsp3) is 0.355. The number of benzene rings is 1. The van der Waals surface area contributed by atoms with E-state index in [2.05, 4.69) is 25.7 Å². The number of fused-ring (bicyclic) bond motifs is 3. The number of nitrogens with one attached hydrogen (secondary N) is 2. The van der Waals surface area contributed by atoms with Crippen LogP contribution in [0.5, 0.6) is 0 Å². The van der Waals surface area contributed by atoms with Crippen molar-refractivity contribution >= 4 is 55.9 Å². The molecule has 1 saturated carbocycles. The number of morpholine rings is 1. The number of anilines is 2. The number of aromatic nitrogens is 6. The van der Waals surface area contributed by atoms with Gasteiger partial charge in [0.2, 0.25) is 11.4 Å². The Balaban J connectivity index is 1.24. The maximum absolute atomic E-state index is 13.1. The molecule has 1 aliphatic carbocycles. The molecule has 1 aliphatic heterocycles. The van der Waals surface area contributed by atoms with Gasteiger partial charge in [0.15, 0.2) is 17.1 Å². The Hall–Kier alpha value is -4.86. The molecule has 1 amide bonds. The molecule has 14 nitrogen and oxygen atoms in total. The summed E-state index contributed by atoms with van der Waals surface area (Å²) in [5.41, 5.74) is 17.0. The van der Waals surface area contributed by atoms with Gasteiger partial charge in [0, 0.05) is 54.0 Å². The normalized spacial score (nSPS) is 18.9. The molecule has 6 aromatic rings. The zero-order chi connectivity index (χ0) is 31.4. The minimum Gasteiger partial charge on any atom is -0.439 e. The number of nitrogens with zero attached hydrogens (tertiary/aromatic N) is 6. The Morgan fingerprint density at radius 2 is 2.02 bits per heavy atom. The first-order valence-electron chi connectivity index (χ1n) is 15.3. The number of rotatable bonds is 7. The topological polar surface area (TPSA) is 196 Å². The van der Waals surface area contributed by atoms with Crippen molar-refractivity contribution in [2.24, 2.45) is 11.5 Å². The summed E-state index contributed by atoms with van der Waals surface area (Å²) in [6.07, 6.45) is 7.49. The van der Waals surface area contributed by atoms with E-state index in [-0.39, 0.29) is 29.5 Å². The predicted octanol–water partition coefficient (Wildman–Crippen LogP) is 3.04. The number of thiophene rings is 1. The van der Waals surface area contributed by atoms with Crippen molar-refractivity contribution in [2.75, 3.05) is 36.5 Å². The Kier molecular flexibility index (Phi) is 7.15. The van der Waals surface area contributed by atoms with Gasteiger partial charge >= 0.3 is 0 Å². The van der Waals surface area contributed by atoms with E-state index >= 15 is 0 Å². The minimum absolute atomic E-state index is 0.0191. The van der Waals surface area contributed by atoms with Crippen LogP contribution in [0.15, 0.2) is 45.3 Å². The van der Waals surface area contributed by atoms with Crippen LogP contribution in [0.3, 0.4) is 0 Å². The zero-order valence-electron chi connectivity index (χ0n) is 24.9. The Morgan fingerprint density at radius 3 is 2.85 bits per heavy atom. The van der Waals surface area contributed by atoms with Crippen molar-refractivity contribution in [3.63, 3.8) is 0 Å². The zero-order valence-corrected chi connectivity index (χ0v) is 25.7. The number of primary amides is 1. The van der Waals surface area contributed by atoms with Crippen LogP contribution < -0.4 is 27.1 Å². The number of carbonyl (C=O) groups is 1. The molecule has 8 rings (SSSR count). The third-order valence-electron chi connectivity index (χ3n) is 8.96. The van der Waals surface area contributed by atoms with Crippen LogP contribution in [0.4, 0.5) is 11.8 Å². The summed E-state index contributed by atoms with van der Waals surface area (Å²) in [5.74, 6) is 0.375. The molecule has 6 heterocycles. The highest BCUT2D eigenvalue weighted by Crippen LogP contribution is 2.37. The minimum atomic E-state index is -0.653. The van der Waals surface area contributed by atoms with Crippen molar-refractivity contribution in [1.29, 1.82) is 0 Å². The van der Waals surface area contributed by atoms with Gasteiger partial charge in [-0.3, -0.25) is 19.1 Å². The van der Waals surface area contributed by atoms with E-state index in [4.69, 9.17) is 25.6 Å². The Morgan fingerprint density at radius 1 is 1.17 bits per heavy atom. The first kappa shape index (κ1) is 28.6. The van der Waals surface area contributed by atoms with Crippen molar-refractivity contribution in [3.8, 4) is 11.1 Å². The van der Waals surface area contributed by atoms with Crippen LogP contribution in [0.1, 0.15) is 47.3 Å². The second kappa shape index (κ2) is 11.5. The van der Waals surface area contributed by atoms with E-state index in [1.54, 1.807) is 16.7 Å². The standard InChI is InChI=1S/C31H32N10O4S/c32-20-3-1-2-4-21(20)36-31-37-22(25(29(33)43)30-39-35-15-41(30)31)11-17-9-16(10-18-13-34-38-26(17)18)19-14-46-28-23(42)12-24(45-27(19)28)40-5-7-44-8-6-40/h9-10,12-15,20-21H,1-8,11,32H2,(H2,33,43)(H,34,38)(H,36,37)/t20-,21+/m1/s1. The lowest BCUT2D eigenvalue weighted by molar-refractivity contribution is 0.1000. The van der Waals surface area contributed by atoms with E-state index in [0.717, 1.165) is 53.3 Å².